The molecule has 3 rings (SSSR count). The number of aromatic nitrogens is 2. The standard InChI is InChI=1S/C17H18F3N3O/c1-10-15(21-16(24)13-6-7-13)11(2)23(22-10)9-12-4-3-5-14(8-12)17(18,19)20/h3-5,8,13H,6-7,9H2,1-2H3,(H,21,24). The van der Waals surface area contributed by atoms with Crippen molar-refractivity contribution in [1.82, 2.24) is 9.78 Å². The Kier molecular flexibility index (Phi) is 4.11. The fraction of sp³-hybridized carbons (Fsp3) is 0.412. The van der Waals surface area contributed by atoms with Gasteiger partial charge in [0.15, 0.2) is 0 Å². The molecule has 1 fully saturated rings. The van der Waals surface area contributed by atoms with Crippen LogP contribution in [0.5, 0.6) is 0 Å². The van der Waals surface area contributed by atoms with E-state index in [1.807, 2.05) is 0 Å². The lowest BCUT2D eigenvalue weighted by Crippen LogP contribution is -2.14. The predicted octanol–water partition coefficient (Wildman–Crippen LogP) is 3.92. The van der Waals surface area contributed by atoms with Gasteiger partial charge >= 0.3 is 6.18 Å². The average molecular weight is 337 g/mol. The SMILES string of the molecule is Cc1nn(Cc2cccc(C(F)(F)F)c2)c(C)c1NC(=O)C1CC1. The van der Waals surface area contributed by atoms with Crippen LogP contribution in [0.15, 0.2) is 24.3 Å². The molecule has 1 N–H and O–H groups in total. The highest BCUT2D eigenvalue weighted by atomic mass is 19.4. The van der Waals surface area contributed by atoms with Crippen LogP contribution in [0.25, 0.3) is 0 Å². The quantitative estimate of drug-likeness (QED) is 0.919. The monoisotopic (exact) mass is 337 g/mol. The first-order chi connectivity index (χ1) is 11.3. The van der Waals surface area contributed by atoms with E-state index < -0.39 is 11.7 Å². The Balaban J connectivity index is 1.82. The molecule has 1 amide bonds. The van der Waals surface area contributed by atoms with E-state index in [1.165, 1.54) is 6.07 Å². The molecule has 4 nitrogen and oxygen atoms in total. The zero-order valence-electron chi connectivity index (χ0n) is 13.4. The first-order valence-electron chi connectivity index (χ1n) is 7.76. The molecule has 0 aliphatic heterocycles. The summed E-state index contributed by atoms with van der Waals surface area (Å²) in [6, 6.07) is 5.19. The summed E-state index contributed by atoms with van der Waals surface area (Å²) in [6.45, 7) is 3.80. The Hall–Kier alpha value is -2.31. The van der Waals surface area contributed by atoms with E-state index in [0.717, 1.165) is 30.7 Å². The number of carbonyl (C=O) groups excluding carboxylic acids is 1. The molecule has 2 aromatic rings. The van der Waals surface area contributed by atoms with Gasteiger partial charge in [0.25, 0.3) is 0 Å². The van der Waals surface area contributed by atoms with E-state index in [-0.39, 0.29) is 18.4 Å². The van der Waals surface area contributed by atoms with Crippen LogP contribution in [0.2, 0.25) is 0 Å². The van der Waals surface area contributed by atoms with E-state index in [2.05, 4.69) is 10.4 Å². The summed E-state index contributed by atoms with van der Waals surface area (Å²) in [6.07, 6.45) is -2.56. The van der Waals surface area contributed by atoms with Gasteiger partial charge in [-0.3, -0.25) is 9.48 Å². The van der Waals surface area contributed by atoms with Crippen molar-refractivity contribution in [2.24, 2.45) is 5.92 Å². The number of rotatable bonds is 4. The first-order valence-corrected chi connectivity index (χ1v) is 7.76. The number of hydrogen-bond donors (Lipinski definition) is 1. The van der Waals surface area contributed by atoms with Crippen LogP contribution >= 0.6 is 0 Å². The van der Waals surface area contributed by atoms with Crippen molar-refractivity contribution in [3.8, 4) is 0 Å². The molecule has 0 bridgehead atoms. The van der Waals surface area contributed by atoms with E-state index in [9.17, 15) is 18.0 Å². The Morgan fingerprint density at radius 1 is 1.33 bits per heavy atom. The van der Waals surface area contributed by atoms with Gasteiger partial charge in [-0.05, 0) is 44.4 Å². The normalized spacial score (nSPS) is 14.7. The van der Waals surface area contributed by atoms with Crippen LogP contribution in [0.4, 0.5) is 18.9 Å². The maximum Gasteiger partial charge on any atom is 0.416 e. The second-order valence-electron chi connectivity index (χ2n) is 6.17. The number of halogens is 3. The number of amides is 1. The minimum atomic E-state index is -4.37. The summed E-state index contributed by atoms with van der Waals surface area (Å²) in [5.41, 5.74) is 1.88. The Morgan fingerprint density at radius 3 is 2.67 bits per heavy atom. The first kappa shape index (κ1) is 16.5. The molecule has 0 saturated heterocycles. The average Bonchev–Trinajstić information content (AvgIpc) is 3.31. The van der Waals surface area contributed by atoms with E-state index in [1.54, 1.807) is 24.6 Å². The van der Waals surface area contributed by atoms with Gasteiger partial charge < -0.3 is 5.32 Å². The van der Waals surface area contributed by atoms with Crippen molar-refractivity contribution < 1.29 is 18.0 Å². The van der Waals surface area contributed by atoms with Gasteiger partial charge in [0.1, 0.15) is 0 Å². The Morgan fingerprint density at radius 2 is 2.04 bits per heavy atom. The van der Waals surface area contributed by atoms with Gasteiger partial charge in [-0.25, -0.2) is 0 Å². The largest absolute Gasteiger partial charge is 0.416 e. The Bertz CT molecular complexity index is 776. The summed E-state index contributed by atoms with van der Waals surface area (Å²) in [5, 5.41) is 7.23. The highest BCUT2D eigenvalue weighted by molar-refractivity contribution is 5.95. The van der Waals surface area contributed by atoms with Crippen molar-refractivity contribution in [3.63, 3.8) is 0 Å². The lowest BCUT2D eigenvalue weighted by atomic mass is 10.1. The molecule has 1 saturated carbocycles. The third kappa shape index (κ3) is 3.44. The summed E-state index contributed by atoms with van der Waals surface area (Å²) in [5.74, 6) is 0.0652. The van der Waals surface area contributed by atoms with E-state index in [0.29, 0.717) is 16.9 Å². The zero-order chi connectivity index (χ0) is 17.5. The van der Waals surface area contributed by atoms with Crippen LogP contribution in [-0.4, -0.2) is 15.7 Å². The van der Waals surface area contributed by atoms with Crippen LogP contribution in [0.1, 0.15) is 35.4 Å². The molecule has 1 aromatic carbocycles. The molecule has 128 valence electrons. The number of nitrogens with zero attached hydrogens (tertiary/aromatic N) is 2. The molecule has 1 aliphatic carbocycles. The number of nitrogens with one attached hydrogen (secondary N) is 1. The molecule has 1 aliphatic rings. The molecule has 0 unspecified atom stereocenters. The second-order valence-corrected chi connectivity index (χ2v) is 6.17. The van der Waals surface area contributed by atoms with Gasteiger partial charge in [-0.2, -0.15) is 18.3 Å². The van der Waals surface area contributed by atoms with Crippen molar-refractivity contribution in [1.29, 1.82) is 0 Å². The van der Waals surface area contributed by atoms with Crippen molar-refractivity contribution >= 4 is 11.6 Å². The third-order valence-corrected chi connectivity index (χ3v) is 4.16. The lowest BCUT2D eigenvalue weighted by molar-refractivity contribution is -0.137. The molecule has 0 atom stereocenters. The highest BCUT2D eigenvalue weighted by Crippen LogP contribution is 2.32. The van der Waals surface area contributed by atoms with Crippen molar-refractivity contribution in [2.75, 3.05) is 5.32 Å². The van der Waals surface area contributed by atoms with Crippen LogP contribution in [-0.2, 0) is 17.5 Å². The van der Waals surface area contributed by atoms with Crippen LogP contribution in [0, 0.1) is 19.8 Å². The summed E-state index contributed by atoms with van der Waals surface area (Å²) < 4.78 is 40.0. The fourth-order valence-electron chi connectivity index (χ4n) is 2.62. The number of hydrogen-bond acceptors (Lipinski definition) is 2. The number of anilines is 1. The number of alkyl halides is 3. The molecule has 1 heterocycles. The minimum Gasteiger partial charge on any atom is -0.323 e. The number of benzene rings is 1. The van der Waals surface area contributed by atoms with E-state index in [4.69, 9.17) is 0 Å². The van der Waals surface area contributed by atoms with Crippen LogP contribution in [0.3, 0.4) is 0 Å². The van der Waals surface area contributed by atoms with Gasteiger partial charge in [0.05, 0.1) is 29.2 Å². The highest BCUT2D eigenvalue weighted by Gasteiger charge is 2.31. The molecular weight excluding hydrogens is 319 g/mol. The van der Waals surface area contributed by atoms with Crippen molar-refractivity contribution in [2.45, 2.75) is 39.4 Å². The third-order valence-electron chi connectivity index (χ3n) is 4.16. The van der Waals surface area contributed by atoms with Gasteiger partial charge in [0, 0.05) is 5.92 Å². The fourth-order valence-corrected chi connectivity index (χ4v) is 2.62. The predicted molar refractivity (Wildman–Crippen MR) is 83.6 cm³/mol. The lowest BCUT2D eigenvalue weighted by Gasteiger charge is -2.10. The van der Waals surface area contributed by atoms with Crippen LogP contribution < -0.4 is 5.32 Å². The second kappa shape index (κ2) is 5.96. The van der Waals surface area contributed by atoms with Gasteiger partial charge in [-0.1, -0.05) is 12.1 Å². The van der Waals surface area contributed by atoms with Gasteiger partial charge in [0.2, 0.25) is 5.91 Å². The van der Waals surface area contributed by atoms with E-state index >= 15 is 0 Å². The summed E-state index contributed by atoms with van der Waals surface area (Å²) in [7, 11) is 0. The molecule has 1 aromatic heterocycles. The molecule has 0 spiro atoms. The number of carbonyl (C=O) groups is 1. The Labute approximate surface area is 137 Å². The minimum absolute atomic E-state index is 0.0141. The number of aryl methyl sites for hydroxylation is 1. The van der Waals surface area contributed by atoms with Gasteiger partial charge in [-0.15, -0.1) is 0 Å². The molecular formula is C17H18F3N3O. The summed E-state index contributed by atoms with van der Waals surface area (Å²) in [4.78, 5) is 11.9. The molecule has 7 heteroatoms. The maximum atomic E-state index is 12.8. The molecule has 24 heavy (non-hydrogen) atoms. The van der Waals surface area contributed by atoms with Crippen molar-refractivity contribution in [3.05, 3.63) is 46.8 Å². The summed E-state index contributed by atoms with van der Waals surface area (Å²) >= 11 is 0. The zero-order valence-corrected chi connectivity index (χ0v) is 13.4. The molecule has 0 radical (unpaired) electrons. The topological polar surface area (TPSA) is 46.9 Å². The maximum absolute atomic E-state index is 12.8. The smallest absolute Gasteiger partial charge is 0.323 e.